The highest BCUT2D eigenvalue weighted by Gasteiger charge is 2.27. The number of nitrogens with one attached hydrogen (secondary N) is 2. The smallest absolute Gasteiger partial charge is 0.255 e. The van der Waals surface area contributed by atoms with Crippen LogP contribution in [0, 0.1) is 11.6 Å². The largest absolute Gasteiger partial charge is 0.453 e. The Labute approximate surface area is 158 Å². The lowest BCUT2D eigenvalue weighted by Crippen LogP contribution is -2.40. The van der Waals surface area contributed by atoms with Crippen LogP contribution in [0.2, 0.25) is 0 Å². The first kappa shape index (κ1) is 17.9. The molecule has 4 rings (SSSR count). The molecule has 1 atom stereocenters. The molecule has 144 valence electrons. The fourth-order valence-corrected chi connectivity index (χ4v) is 3.08. The molecular formula is C19H16F2N4O3. The zero-order chi connectivity index (χ0) is 19.8. The van der Waals surface area contributed by atoms with Gasteiger partial charge in [0.25, 0.3) is 5.91 Å². The standard InChI is InChI=1S/C19H16F2N4O3/c1-25-15-8-12(18(26)24-14-4-5-22-19(14)27)17(6-10(15)9-23-25)28-16-3-2-11(20)7-13(16)21/h2-3,6-9,14H,4-5H2,1H3,(H,22,27)(H,24,26)/t14-/m0/s1. The molecule has 2 aromatic carbocycles. The number of hydrogen-bond acceptors (Lipinski definition) is 4. The highest BCUT2D eigenvalue weighted by atomic mass is 19.1. The Morgan fingerprint density at radius 3 is 2.82 bits per heavy atom. The van der Waals surface area contributed by atoms with Crippen molar-refractivity contribution in [1.29, 1.82) is 0 Å². The third-order valence-electron chi connectivity index (χ3n) is 4.56. The lowest BCUT2D eigenvalue weighted by molar-refractivity contribution is -0.120. The number of hydrogen-bond donors (Lipinski definition) is 2. The Bertz CT molecular complexity index is 1100. The van der Waals surface area contributed by atoms with Crippen LogP contribution < -0.4 is 15.4 Å². The topological polar surface area (TPSA) is 85.2 Å². The van der Waals surface area contributed by atoms with E-state index in [-0.39, 0.29) is 23.0 Å². The predicted molar refractivity (Wildman–Crippen MR) is 96.0 cm³/mol. The third-order valence-corrected chi connectivity index (χ3v) is 4.56. The molecule has 0 unspecified atom stereocenters. The number of halogens is 2. The van der Waals surface area contributed by atoms with Crippen molar-refractivity contribution in [3.05, 3.63) is 53.7 Å². The number of fused-ring (bicyclic) bond motifs is 1. The van der Waals surface area contributed by atoms with Gasteiger partial charge in [-0.05, 0) is 30.7 Å². The van der Waals surface area contributed by atoms with E-state index < -0.39 is 23.6 Å². The van der Waals surface area contributed by atoms with E-state index in [4.69, 9.17) is 4.74 Å². The number of nitrogens with zero attached hydrogens (tertiary/aromatic N) is 2. The highest BCUT2D eigenvalue weighted by Crippen LogP contribution is 2.31. The van der Waals surface area contributed by atoms with Crippen LogP contribution >= 0.6 is 0 Å². The van der Waals surface area contributed by atoms with Crippen LogP contribution in [0.1, 0.15) is 16.8 Å². The van der Waals surface area contributed by atoms with Gasteiger partial charge in [0, 0.05) is 25.0 Å². The van der Waals surface area contributed by atoms with Crippen molar-refractivity contribution in [3.8, 4) is 11.5 Å². The van der Waals surface area contributed by atoms with Gasteiger partial charge in [0.15, 0.2) is 11.6 Å². The molecule has 7 nitrogen and oxygen atoms in total. The van der Waals surface area contributed by atoms with E-state index >= 15 is 0 Å². The van der Waals surface area contributed by atoms with Crippen LogP contribution in [0.5, 0.6) is 11.5 Å². The quantitative estimate of drug-likeness (QED) is 0.720. The summed E-state index contributed by atoms with van der Waals surface area (Å²) in [4.78, 5) is 24.6. The van der Waals surface area contributed by atoms with Crippen LogP contribution in [0.4, 0.5) is 8.78 Å². The number of carbonyl (C=O) groups excluding carboxylic acids is 2. The molecule has 0 radical (unpaired) electrons. The van der Waals surface area contributed by atoms with Crippen molar-refractivity contribution in [2.75, 3.05) is 6.54 Å². The molecule has 1 fully saturated rings. The third kappa shape index (κ3) is 3.26. The summed E-state index contributed by atoms with van der Waals surface area (Å²) in [5, 5.41) is 10.1. The minimum absolute atomic E-state index is 0.0712. The maximum absolute atomic E-state index is 14.0. The number of ether oxygens (including phenoxy) is 1. The summed E-state index contributed by atoms with van der Waals surface area (Å²) in [6, 6.07) is 5.36. The molecule has 0 spiro atoms. The van der Waals surface area contributed by atoms with Gasteiger partial charge >= 0.3 is 0 Å². The minimum atomic E-state index is -0.896. The number of aromatic nitrogens is 2. The first-order valence-electron chi connectivity index (χ1n) is 8.59. The number of benzene rings is 2. The molecule has 0 aliphatic carbocycles. The minimum Gasteiger partial charge on any atom is -0.453 e. The number of aryl methyl sites for hydroxylation is 1. The van der Waals surface area contributed by atoms with Crippen LogP contribution in [0.3, 0.4) is 0 Å². The molecule has 3 aromatic rings. The summed E-state index contributed by atoms with van der Waals surface area (Å²) < 4.78 is 34.4. The molecule has 1 aliphatic rings. The molecule has 1 aromatic heterocycles. The van der Waals surface area contributed by atoms with E-state index in [0.29, 0.717) is 29.9 Å². The van der Waals surface area contributed by atoms with E-state index in [1.165, 1.54) is 0 Å². The second kappa shape index (κ2) is 6.91. The number of rotatable bonds is 4. The second-order valence-corrected chi connectivity index (χ2v) is 6.46. The summed E-state index contributed by atoms with van der Waals surface area (Å²) in [5.41, 5.74) is 0.771. The molecule has 2 heterocycles. The van der Waals surface area contributed by atoms with E-state index in [2.05, 4.69) is 15.7 Å². The molecule has 2 amide bonds. The SMILES string of the molecule is Cn1ncc2cc(Oc3ccc(F)cc3F)c(C(=O)N[C@H]3CCNC3=O)cc21. The Balaban J connectivity index is 1.74. The summed E-state index contributed by atoms with van der Waals surface area (Å²) in [6.45, 7) is 0.481. The van der Waals surface area contributed by atoms with Crippen molar-refractivity contribution in [3.63, 3.8) is 0 Å². The Morgan fingerprint density at radius 2 is 2.11 bits per heavy atom. The fourth-order valence-electron chi connectivity index (χ4n) is 3.08. The fraction of sp³-hybridized carbons (Fsp3) is 0.211. The molecule has 0 saturated carbocycles. The molecule has 0 bridgehead atoms. The van der Waals surface area contributed by atoms with E-state index in [0.717, 1.165) is 12.1 Å². The van der Waals surface area contributed by atoms with Crippen LogP contribution in [-0.4, -0.2) is 34.2 Å². The van der Waals surface area contributed by atoms with Crippen LogP contribution in [0.25, 0.3) is 10.9 Å². The lowest BCUT2D eigenvalue weighted by atomic mass is 10.1. The summed E-state index contributed by atoms with van der Waals surface area (Å²) in [6.07, 6.45) is 2.05. The second-order valence-electron chi connectivity index (χ2n) is 6.46. The highest BCUT2D eigenvalue weighted by molar-refractivity contribution is 6.03. The number of amides is 2. The van der Waals surface area contributed by atoms with Gasteiger partial charge in [0.05, 0.1) is 17.3 Å². The Morgan fingerprint density at radius 1 is 1.29 bits per heavy atom. The lowest BCUT2D eigenvalue weighted by Gasteiger charge is -2.15. The maximum Gasteiger partial charge on any atom is 0.255 e. The van der Waals surface area contributed by atoms with Gasteiger partial charge in [-0.2, -0.15) is 5.10 Å². The van der Waals surface area contributed by atoms with Crippen molar-refractivity contribution >= 4 is 22.7 Å². The van der Waals surface area contributed by atoms with E-state index in [1.807, 2.05) is 0 Å². The number of carbonyl (C=O) groups is 2. The van der Waals surface area contributed by atoms with Crippen molar-refractivity contribution in [1.82, 2.24) is 20.4 Å². The summed E-state index contributed by atoms with van der Waals surface area (Å²) in [7, 11) is 1.72. The van der Waals surface area contributed by atoms with Gasteiger partial charge in [-0.3, -0.25) is 14.3 Å². The van der Waals surface area contributed by atoms with Crippen LogP contribution in [0.15, 0.2) is 36.5 Å². The van der Waals surface area contributed by atoms with Crippen molar-refractivity contribution < 1.29 is 23.1 Å². The summed E-state index contributed by atoms with van der Waals surface area (Å²) >= 11 is 0. The molecule has 1 saturated heterocycles. The predicted octanol–water partition coefficient (Wildman–Crippen LogP) is 2.26. The normalized spacial score (nSPS) is 16.2. The Hall–Kier alpha value is -3.49. The zero-order valence-electron chi connectivity index (χ0n) is 14.8. The summed E-state index contributed by atoms with van der Waals surface area (Å²) in [5.74, 6) is -2.59. The van der Waals surface area contributed by atoms with Gasteiger partial charge in [-0.1, -0.05) is 0 Å². The first-order chi connectivity index (χ1) is 13.4. The van der Waals surface area contributed by atoms with Gasteiger partial charge in [-0.15, -0.1) is 0 Å². The van der Waals surface area contributed by atoms with Crippen molar-refractivity contribution in [2.24, 2.45) is 7.05 Å². The Kier molecular flexibility index (Phi) is 4.42. The van der Waals surface area contributed by atoms with E-state index in [9.17, 15) is 18.4 Å². The molecular weight excluding hydrogens is 370 g/mol. The average Bonchev–Trinajstić information content (AvgIpc) is 3.22. The monoisotopic (exact) mass is 386 g/mol. The van der Waals surface area contributed by atoms with Crippen molar-refractivity contribution in [2.45, 2.75) is 12.5 Å². The maximum atomic E-state index is 14.0. The first-order valence-corrected chi connectivity index (χ1v) is 8.59. The van der Waals surface area contributed by atoms with Crippen LogP contribution in [-0.2, 0) is 11.8 Å². The molecule has 2 N–H and O–H groups in total. The van der Waals surface area contributed by atoms with E-state index in [1.54, 1.807) is 30.1 Å². The average molecular weight is 386 g/mol. The van der Waals surface area contributed by atoms with Gasteiger partial charge in [-0.25, -0.2) is 8.78 Å². The van der Waals surface area contributed by atoms with Gasteiger partial charge < -0.3 is 15.4 Å². The molecule has 9 heteroatoms. The zero-order valence-corrected chi connectivity index (χ0v) is 14.8. The van der Waals surface area contributed by atoms with Gasteiger partial charge in [0.2, 0.25) is 5.91 Å². The molecule has 28 heavy (non-hydrogen) atoms. The van der Waals surface area contributed by atoms with Gasteiger partial charge in [0.1, 0.15) is 17.6 Å². The molecule has 1 aliphatic heterocycles.